The predicted octanol–water partition coefficient (Wildman–Crippen LogP) is 4.18. The Morgan fingerprint density at radius 1 is 1.03 bits per heavy atom. The molecule has 2 N–H and O–H groups in total. The Balaban J connectivity index is 1.97. The number of hydrogen-bond acceptors (Lipinski definition) is 8. The van der Waals surface area contributed by atoms with Gasteiger partial charge in [0.2, 0.25) is 5.88 Å². The smallest absolute Gasteiger partial charge is 0.338 e. The summed E-state index contributed by atoms with van der Waals surface area (Å²) in [5, 5.41) is 18.7. The maximum atomic E-state index is 12.7. The Morgan fingerprint density at radius 3 is 2.38 bits per heavy atom. The summed E-state index contributed by atoms with van der Waals surface area (Å²) in [7, 11) is 0. The number of rotatable bonds is 8. The molecule has 0 amide bonds. The molecule has 174 valence electrons. The maximum Gasteiger partial charge on any atom is 0.338 e. The van der Waals surface area contributed by atoms with Crippen LogP contribution in [-0.4, -0.2) is 19.2 Å². The monoisotopic (exact) mass is 459 g/mol. The summed E-state index contributed by atoms with van der Waals surface area (Å²) in [5.74, 6) is -0.183. The van der Waals surface area contributed by atoms with Crippen LogP contribution in [0.4, 0.5) is 0 Å². The fourth-order valence-corrected chi connectivity index (χ4v) is 3.62. The zero-order valence-electron chi connectivity index (χ0n) is 19.3. The van der Waals surface area contributed by atoms with E-state index in [1.807, 2.05) is 19.1 Å². The Morgan fingerprint density at radius 2 is 1.76 bits per heavy atom. The number of nitrogens with two attached hydrogens (primary N) is 1. The van der Waals surface area contributed by atoms with Gasteiger partial charge >= 0.3 is 5.97 Å². The van der Waals surface area contributed by atoms with Gasteiger partial charge in [-0.3, -0.25) is 0 Å². The van der Waals surface area contributed by atoms with Gasteiger partial charge in [0.05, 0.1) is 36.3 Å². The van der Waals surface area contributed by atoms with Crippen LogP contribution in [0.3, 0.4) is 0 Å². The van der Waals surface area contributed by atoms with Gasteiger partial charge in [0, 0.05) is 0 Å². The zero-order valence-corrected chi connectivity index (χ0v) is 19.3. The number of carbonyl (C=O) groups is 1. The van der Waals surface area contributed by atoms with Crippen LogP contribution in [0.5, 0.6) is 11.5 Å². The molecule has 34 heavy (non-hydrogen) atoms. The predicted molar refractivity (Wildman–Crippen MR) is 123 cm³/mol. The summed E-state index contributed by atoms with van der Waals surface area (Å²) >= 11 is 0. The number of nitrogens with zero attached hydrogens (tertiary/aromatic N) is 2. The summed E-state index contributed by atoms with van der Waals surface area (Å²) in [5.41, 5.74) is 8.37. The van der Waals surface area contributed by atoms with E-state index >= 15 is 0 Å². The first-order valence-electron chi connectivity index (χ1n) is 10.8. The fraction of sp³-hybridized carbons (Fsp3) is 0.269. The molecule has 0 aromatic heterocycles. The topological polar surface area (TPSA) is 128 Å². The van der Waals surface area contributed by atoms with E-state index in [1.165, 1.54) is 0 Å². The molecule has 0 spiro atoms. The van der Waals surface area contributed by atoms with E-state index < -0.39 is 11.9 Å². The largest absolute Gasteiger partial charge is 0.490 e. The van der Waals surface area contributed by atoms with Crippen LogP contribution >= 0.6 is 0 Å². The highest BCUT2D eigenvalue weighted by atomic mass is 16.5. The van der Waals surface area contributed by atoms with Gasteiger partial charge in [0.1, 0.15) is 24.0 Å². The standard InChI is InChI=1S/C26H25N3O5/c1-4-31-22-12-19(10-11-21(22)33-15-18-8-6-17(13-27)7-9-18)24-20(14-28)25(29)34-16(3)23(24)26(30)32-5-2/h6-12,24H,4-5,15,29H2,1-3H3. The molecule has 0 fully saturated rings. The van der Waals surface area contributed by atoms with Crippen molar-refractivity contribution in [3.05, 3.63) is 81.9 Å². The van der Waals surface area contributed by atoms with E-state index in [4.69, 9.17) is 29.9 Å². The SMILES string of the molecule is CCOC(=O)C1=C(C)OC(N)=C(C#N)C1c1ccc(OCc2ccc(C#N)cc2)c(OCC)c1. The number of esters is 1. The summed E-state index contributed by atoms with van der Waals surface area (Å²) in [6.45, 7) is 5.99. The van der Waals surface area contributed by atoms with Crippen molar-refractivity contribution in [2.45, 2.75) is 33.3 Å². The van der Waals surface area contributed by atoms with E-state index in [1.54, 1.807) is 44.2 Å². The van der Waals surface area contributed by atoms with Gasteiger partial charge in [0.25, 0.3) is 0 Å². The quantitative estimate of drug-likeness (QED) is 0.582. The minimum atomic E-state index is -0.774. The summed E-state index contributed by atoms with van der Waals surface area (Å²) in [6.07, 6.45) is 0. The molecule has 2 aromatic carbocycles. The average Bonchev–Trinajstić information content (AvgIpc) is 2.83. The van der Waals surface area contributed by atoms with E-state index in [0.717, 1.165) is 5.56 Å². The second kappa shape index (κ2) is 10.9. The number of ether oxygens (including phenoxy) is 4. The molecule has 8 heteroatoms. The molecule has 1 aliphatic rings. The van der Waals surface area contributed by atoms with Gasteiger partial charge in [0.15, 0.2) is 11.5 Å². The van der Waals surface area contributed by atoms with Crippen LogP contribution in [0.25, 0.3) is 0 Å². The zero-order chi connectivity index (χ0) is 24.7. The van der Waals surface area contributed by atoms with E-state index in [0.29, 0.717) is 29.2 Å². The lowest BCUT2D eigenvalue weighted by molar-refractivity contribution is -0.139. The van der Waals surface area contributed by atoms with Crippen molar-refractivity contribution < 1.29 is 23.7 Å². The second-order valence-corrected chi connectivity index (χ2v) is 7.35. The Hall–Kier alpha value is -4.43. The molecule has 0 saturated heterocycles. The molecule has 1 aliphatic heterocycles. The lowest BCUT2D eigenvalue weighted by Crippen LogP contribution is -2.25. The Labute approximate surface area is 198 Å². The van der Waals surface area contributed by atoms with Crippen LogP contribution in [0, 0.1) is 22.7 Å². The maximum absolute atomic E-state index is 12.7. The minimum absolute atomic E-state index is 0.0582. The third-order valence-corrected chi connectivity index (χ3v) is 5.18. The molecule has 1 atom stereocenters. The first-order chi connectivity index (χ1) is 16.4. The lowest BCUT2D eigenvalue weighted by atomic mass is 9.83. The third-order valence-electron chi connectivity index (χ3n) is 5.18. The van der Waals surface area contributed by atoms with Crippen molar-refractivity contribution in [1.82, 2.24) is 0 Å². The average molecular weight is 460 g/mol. The molecule has 1 heterocycles. The molecule has 1 unspecified atom stereocenters. The van der Waals surface area contributed by atoms with E-state index in [9.17, 15) is 10.1 Å². The van der Waals surface area contributed by atoms with Crippen LogP contribution in [0.15, 0.2) is 65.3 Å². The first-order valence-corrected chi connectivity index (χ1v) is 10.8. The molecule has 2 aromatic rings. The highest BCUT2D eigenvalue weighted by molar-refractivity contribution is 5.92. The fourth-order valence-electron chi connectivity index (χ4n) is 3.62. The summed E-state index contributed by atoms with van der Waals surface area (Å²) in [6, 6.07) is 16.4. The Bertz CT molecular complexity index is 1220. The lowest BCUT2D eigenvalue weighted by Gasteiger charge is -2.27. The van der Waals surface area contributed by atoms with Crippen LogP contribution in [-0.2, 0) is 20.9 Å². The Kier molecular flexibility index (Phi) is 7.79. The van der Waals surface area contributed by atoms with Crippen molar-refractivity contribution in [1.29, 1.82) is 10.5 Å². The normalized spacial score (nSPS) is 15.1. The van der Waals surface area contributed by atoms with Gasteiger partial charge in [-0.15, -0.1) is 0 Å². The molecular weight excluding hydrogens is 434 g/mol. The number of allylic oxidation sites excluding steroid dienone is 2. The van der Waals surface area contributed by atoms with Gasteiger partial charge in [-0.1, -0.05) is 18.2 Å². The number of nitriles is 2. The summed E-state index contributed by atoms with van der Waals surface area (Å²) in [4.78, 5) is 12.7. The van der Waals surface area contributed by atoms with Crippen LogP contribution < -0.4 is 15.2 Å². The van der Waals surface area contributed by atoms with Crippen molar-refractivity contribution in [2.24, 2.45) is 5.73 Å². The first kappa shape index (κ1) is 24.2. The number of benzene rings is 2. The van der Waals surface area contributed by atoms with Crippen molar-refractivity contribution >= 4 is 5.97 Å². The van der Waals surface area contributed by atoms with Gasteiger partial charge in [-0.05, 0) is 56.2 Å². The highest BCUT2D eigenvalue weighted by Gasteiger charge is 2.36. The molecular formula is C26H25N3O5. The van der Waals surface area contributed by atoms with Gasteiger partial charge in [-0.25, -0.2) is 4.79 Å². The van der Waals surface area contributed by atoms with Crippen molar-refractivity contribution in [2.75, 3.05) is 13.2 Å². The molecule has 0 aliphatic carbocycles. The summed E-state index contributed by atoms with van der Waals surface area (Å²) < 4.78 is 22.4. The van der Waals surface area contributed by atoms with Crippen molar-refractivity contribution in [3.63, 3.8) is 0 Å². The molecule has 3 rings (SSSR count). The van der Waals surface area contributed by atoms with E-state index in [-0.39, 0.29) is 36.0 Å². The highest BCUT2D eigenvalue weighted by Crippen LogP contribution is 2.42. The molecule has 0 bridgehead atoms. The number of carbonyl (C=O) groups excluding carboxylic acids is 1. The van der Waals surface area contributed by atoms with Crippen LogP contribution in [0.2, 0.25) is 0 Å². The van der Waals surface area contributed by atoms with Crippen LogP contribution in [0.1, 0.15) is 43.4 Å². The molecule has 0 saturated carbocycles. The second-order valence-electron chi connectivity index (χ2n) is 7.35. The van der Waals surface area contributed by atoms with Crippen molar-refractivity contribution in [3.8, 4) is 23.6 Å². The number of hydrogen-bond donors (Lipinski definition) is 1. The minimum Gasteiger partial charge on any atom is -0.490 e. The third kappa shape index (κ3) is 5.13. The van der Waals surface area contributed by atoms with Gasteiger partial charge < -0.3 is 24.7 Å². The molecule has 0 radical (unpaired) electrons. The van der Waals surface area contributed by atoms with Gasteiger partial charge in [-0.2, -0.15) is 10.5 Å². The van der Waals surface area contributed by atoms with E-state index in [2.05, 4.69) is 12.1 Å². The molecule has 8 nitrogen and oxygen atoms in total.